The third-order valence-corrected chi connectivity index (χ3v) is 7.92. The van der Waals surface area contributed by atoms with E-state index in [2.05, 4.69) is 20.9 Å². The number of para-hydroxylation sites is 1. The lowest BCUT2D eigenvalue weighted by atomic mass is 10.2. The van der Waals surface area contributed by atoms with Gasteiger partial charge in [-0.1, -0.05) is 12.1 Å². The van der Waals surface area contributed by atoms with Gasteiger partial charge in [0.15, 0.2) is 4.21 Å². The van der Waals surface area contributed by atoms with Crippen molar-refractivity contribution in [2.75, 3.05) is 11.4 Å². The Morgan fingerprint density at radius 3 is 2.74 bits per heavy atom. The lowest BCUT2D eigenvalue weighted by Gasteiger charge is -2.19. The zero-order valence-electron chi connectivity index (χ0n) is 11.8. The molecule has 0 atom stereocenters. The van der Waals surface area contributed by atoms with E-state index in [0.717, 1.165) is 21.0 Å². The van der Waals surface area contributed by atoms with Crippen LogP contribution in [0.15, 0.2) is 45.2 Å². The number of hydrogen-bond donors (Lipinski definition) is 2. The Balaban J connectivity index is 2.13. The van der Waals surface area contributed by atoms with Crippen molar-refractivity contribution in [2.24, 2.45) is 0 Å². The summed E-state index contributed by atoms with van der Waals surface area (Å²) in [5.74, 6) is -1.16. The minimum Gasteiger partial charge on any atom is -0.477 e. The number of nitrogens with one attached hydrogen (secondary N) is 1. The van der Waals surface area contributed by atoms with Crippen molar-refractivity contribution >= 4 is 59.8 Å². The molecular weight excluding hydrogens is 404 g/mol. The molecule has 2 heterocycles. The first-order valence-electron chi connectivity index (χ1n) is 6.40. The third kappa shape index (κ3) is 2.64. The van der Waals surface area contributed by atoms with Gasteiger partial charge in [-0.05, 0) is 34.1 Å². The highest BCUT2D eigenvalue weighted by Crippen LogP contribution is 2.36. The number of H-pyrrole nitrogens is 1. The molecule has 0 saturated carbocycles. The molecule has 0 aliphatic rings. The van der Waals surface area contributed by atoms with Crippen LogP contribution in [0.5, 0.6) is 0 Å². The van der Waals surface area contributed by atoms with Gasteiger partial charge in [0.05, 0.1) is 11.2 Å². The molecule has 0 unspecified atom stereocenters. The average molecular weight is 415 g/mol. The van der Waals surface area contributed by atoms with Gasteiger partial charge in [-0.25, -0.2) is 13.2 Å². The van der Waals surface area contributed by atoms with Crippen LogP contribution in [0.1, 0.15) is 9.67 Å². The fourth-order valence-electron chi connectivity index (χ4n) is 2.22. The van der Waals surface area contributed by atoms with E-state index in [0.29, 0.717) is 11.2 Å². The molecule has 0 radical (unpaired) electrons. The summed E-state index contributed by atoms with van der Waals surface area (Å²) in [5.41, 5.74) is 1.19. The van der Waals surface area contributed by atoms with E-state index in [4.69, 9.17) is 5.11 Å². The maximum Gasteiger partial charge on any atom is 0.345 e. The highest BCUT2D eigenvalue weighted by molar-refractivity contribution is 9.10. The van der Waals surface area contributed by atoms with E-state index < -0.39 is 16.0 Å². The fourth-order valence-corrected chi connectivity index (χ4v) is 6.07. The second kappa shape index (κ2) is 5.66. The molecular formula is C14H11BrN2O4S2. The highest BCUT2D eigenvalue weighted by atomic mass is 79.9. The van der Waals surface area contributed by atoms with Gasteiger partial charge in [-0.2, -0.15) is 0 Å². The summed E-state index contributed by atoms with van der Waals surface area (Å²) in [5, 5.41) is 9.92. The summed E-state index contributed by atoms with van der Waals surface area (Å²) >= 11 is 3.86. The van der Waals surface area contributed by atoms with Crippen molar-refractivity contribution < 1.29 is 18.3 Å². The molecule has 3 aromatic rings. The number of carboxylic acid groups (broad SMARTS) is 1. The number of aromatic nitrogens is 1. The van der Waals surface area contributed by atoms with Gasteiger partial charge >= 0.3 is 5.97 Å². The van der Waals surface area contributed by atoms with E-state index >= 15 is 0 Å². The first kappa shape index (κ1) is 16.0. The highest BCUT2D eigenvalue weighted by Gasteiger charge is 2.29. The van der Waals surface area contributed by atoms with Crippen LogP contribution in [0.25, 0.3) is 10.9 Å². The normalized spacial score (nSPS) is 11.7. The molecule has 3 rings (SSSR count). The van der Waals surface area contributed by atoms with Crippen molar-refractivity contribution in [3.63, 3.8) is 0 Å². The molecule has 0 aliphatic heterocycles. The molecule has 0 fully saturated rings. The zero-order valence-corrected chi connectivity index (χ0v) is 15.0. The molecule has 2 N–H and O–H groups in total. The van der Waals surface area contributed by atoms with Gasteiger partial charge in [-0.3, -0.25) is 4.31 Å². The minimum atomic E-state index is -3.88. The number of halogens is 1. The summed E-state index contributed by atoms with van der Waals surface area (Å²) in [7, 11) is -2.44. The van der Waals surface area contributed by atoms with Crippen molar-refractivity contribution in [3.05, 3.63) is 45.9 Å². The molecule has 0 spiro atoms. The molecule has 0 saturated heterocycles. The molecule has 1 aromatic carbocycles. The molecule has 0 amide bonds. The fraction of sp³-hybridized carbons (Fsp3) is 0.0714. The number of rotatable bonds is 4. The second-order valence-electron chi connectivity index (χ2n) is 4.74. The molecule has 120 valence electrons. The molecule has 6 nitrogen and oxygen atoms in total. The number of benzene rings is 1. The van der Waals surface area contributed by atoms with Gasteiger partial charge in [0, 0.05) is 23.1 Å². The van der Waals surface area contributed by atoms with Gasteiger partial charge in [-0.15, -0.1) is 11.3 Å². The minimum absolute atomic E-state index is 0.0399. The Hall–Kier alpha value is -1.84. The number of aromatic carboxylic acids is 1. The van der Waals surface area contributed by atoms with Gasteiger partial charge in [0.2, 0.25) is 0 Å². The summed E-state index contributed by atoms with van der Waals surface area (Å²) in [6.45, 7) is 0. The maximum absolute atomic E-state index is 12.9. The van der Waals surface area contributed by atoms with Crippen molar-refractivity contribution in [1.82, 2.24) is 4.98 Å². The number of thiophene rings is 1. The number of hydrogen-bond acceptors (Lipinski definition) is 4. The predicted molar refractivity (Wildman–Crippen MR) is 92.9 cm³/mol. The first-order valence-corrected chi connectivity index (χ1v) is 9.45. The Bertz CT molecular complexity index is 1010. The van der Waals surface area contributed by atoms with Crippen LogP contribution in [0, 0.1) is 0 Å². The van der Waals surface area contributed by atoms with Crippen LogP contribution in [0.2, 0.25) is 0 Å². The standard InChI is InChI=1S/C14H11BrN2O4S2/c1-17(10-4-2-3-8-5-6-16-12(8)10)23(20,21)14-9(15)7-11(22-14)13(18)19/h2-7,16H,1H3,(H,18,19). The number of anilines is 1. The van der Waals surface area contributed by atoms with E-state index in [1.807, 2.05) is 12.1 Å². The van der Waals surface area contributed by atoms with Crippen LogP contribution < -0.4 is 4.31 Å². The van der Waals surface area contributed by atoms with E-state index in [1.165, 1.54) is 13.1 Å². The van der Waals surface area contributed by atoms with Gasteiger partial charge in [0.1, 0.15) is 4.88 Å². The summed E-state index contributed by atoms with van der Waals surface area (Å²) in [6.07, 6.45) is 1.73. The van der Waals surface area contributed by atoms with Gasteiger partial charge < -0.3 is 10.1 Å². The number of carbonyl (C=O) groups is 1. The van der Waals surface area contributed by atoms with Crippen LogP contribution in [0.3, 0.4) is 0 Å². The van der Waals surface area contributed by atoms with E-state index in [1.54, 1.807) is 18.3 Å². The largest absolute Gasteiger partial charge is 0.477 e. The number of nitrogens with zero attached hydrogens (tertiary/aromatic N) is 1. The lowest BCUT2D eigenvalue weighted by molar-refractivity contribution is 0.0702. The van der Waals surface area contributed by atoms with Crippen LogP contribution in [-0.2, 0) is 10.0 Å². The Morgan fingerprint density at radius 1 is 1.35 bits per heavy atom. The summed E-state index contributed by atoms with van der Waals surface area (Å²) in [4.78, 5) is 14.0. The number of carboxylic acids is 1. The van der Waals surface area contributed by atoms with Crippen LogP contribution in [-0.4, -0.2) is 31.5 Å². The van der Waals surface area contributed by atoms with E-state index in [9.17, 15) is 13.2 Å². The predicted octanol–water partition coefficient (Wildman–Crippen LogP) is 3.52. The summed E-state index contributed by atoms with van der Waals surface area (Å²) in [6, 6.07) is 8.48. The number of sulfonamides is 1. The Labute approximate surface area is 144 Å². The second-order valence-corrected chi connectivity index (χ2v) is 8.81. The lowest BCUT2D eigenvalue weighted by Crippen LogP contribution is -2.26. The molecule has 9 heteroatoms. The van der Waals surface area contributed by atoms with Crippen LogP contribution >= 0.6 is 27.3 Å². The molecule has 0 bridgehead atoms. The quantitative estimate of drug-likeness (QED) is 0.682. The number of aromatic amines is 1. The number of fused-ring (bicyclic) bond motifs is 1. The molecule has 0 aliphatic carbocycles. The Morgan fingerprint density at radius 2 is 2.09 bits per heavy atom. The Kier molecular flexibility index (Phi) is 3.95. The zero-order chi connectivity index (χ0) is 16.8. The van der Waals surface area contributed by atoms with Crippen molar-refractivity contribution in [1.29, 1.82) is 0 Å². The van der Waals surface area contributed by atoms with Gasteiger partial charge in [0.25, 0.3) is 10.0 Å². The first-order chi connectivity index (χ1) is 10.8. The van der Waals surface area contributed by atoms with Crippen molar-refractivity contribution in [2.45, 2.75) is 4.21 Å². The molecule has 23 heavy (non-hydrogen) atoms. The average Bonchev–Trinajstić information content (AvgIpc) is 3.12. The van der Waals surface area contributed by atoms with E-state index in [-0.39, 0.29) is 13.6 Å². The smallest absolute Gasteiger partial charge is 0.345 e. The van der Waals surface area contributed by atoms with Crippen molar-refractivity contribution in [3.8, 4) is 0 Å². The summed E-state index contributed by atoms with van der Waals surface area (Å²) < 4.78 is 27.1. The van der Waals surface area contributed by atoms with Crippen LogP contribution in [0.4, 0.5) is 5.69 Å². The molecule has 2 aromatic heterocycles. The monoisotopic (exact) mass is 414 g/mol. The topological polar surface area (TPSA) is 90.5 Å². The third-order valence-electron chi connectivity index (χ3n) is 3.37. The maximum atomic E-state index is 12.9. The SMILES string of the molecule is CN(c1cccc2cc[nH]c12)S(=O)(=O)c1sc(C(=O)O)cc1Br.